The highest BCUT2D eigenvalue weighted by Gasteiger charge is 2.27. The summed E-state index contributed by atoms with van der Waals surface area (Å²) in [5.74, 6) is 2.65. The van der Waals surface area contributed by atoms with E-state index >= 15 is 0 Å². The zero-order valence-corrected chi connectivity index (χ0v) is 14.2. The Bertz CT molecular complexity index is 636. The van der Waals surface area contributed by atoms with Gasteiger partial charge in [-0.2, -0.15) is 0 Å². The van der Waals surface area contributed by atoms with Gasteiger partial charge in [0.1, 0.15) is 0 Å². The van der Waals surface area contributed by atoms with Crippen molar-refractivity contribution in [1.29, 1.82) is 0 Å². The van der Waals surface area contributed by atoms with Crippen LogP contribution in [0.1, 0.15) is 56.8 Å². The summed E-state index contributed by atoms with van der Waals surface area (Å²) < 4.78 is 5.96. The molecule has 0 N–H and O–H groups in total. The highest BCUT2D eigenvalue weighted by atomic mass is 16.4. The number of pyridine rings is 1. The van der Waals surface area contributed by atoms with Crippen molar-refractivity contribution in [3.8, 4) is 11.5 Å². The lowest BCUT2D eigenvalue weighted by atomic mass is 9.88. The second-order valence-electron chi connectivity index (χ2n) is 7.29. The van der Waals surface area contributed by atoms with Crippen molar-refractivity contribution in [3.05, 3.63) is 30.4 Å². The molecular formula is C19H26N4O. The van der Waals surface area contributed by atoms with E-state index in [0.29, 0.717) is 11.8 Å². The van der Waals surface area contributed by atoms with Gasteiger partial charge in [0.2, 0.25) is 11.8 Å². The Hall–Kier alpha value is -1.75. The molecule has 0 bridgehead atoms. The standard InChI is InChI=1S/C19H26N4O/c1-2-6-15(7-3-1)13-23-11-5-9-17(14-23)19-22-21-18(24-19)16-8-4-10-20-12-16/h4,8,10,12,15,17H,1-3,5-7,9,11,13-14H2/t17-/m1/s1. The average Bonchev–Trinajstić information content (AvgIpc) is 3.14. The summed E-state index contributed by atoms with van der Waals surface area (Å²) in [6.45, 7) is 3.53. The Morgan fingerprint density at radius 1 is 1.08 bits per heavy atom. The summed E-state index contributed by atoms with van der Waals surface area (Å²) >= 11 is 0. The van der Waals surface area contributed by atoms with E-state index in [2.05, 4.69) is 20.1 Å². The largest absolute Gasteiger partial charge is 0.420 e. The number of piperidine rings is 1. The highest BCUT2D eigenvalue weighted by Crippen LogP contribution is 2.30. The summed E-state index contributed by atoms with van der Waals surface area (Å²) in [5, 5.41) is 8.55. The van der Waals surface area contributed by atoms with Gasteiger partial charge < -0.3 is 9.32 Å². The molecule has 1 saturated carbocycles. The van der Waals surface area contributed by atoms with Crippen LogP contribution in [-0.2, 0) is 0 Å². The predicted octanol–water partition coefficient (Wildman–Crippen LogP) is 3.89. The fraction of sp³-hybridized carbons (Fsp3) is 0.632. The van der Waals surface area contributed by atoms with E-state index in [9.17, 15) is 0 Å². The van der Waals surface area contributed by atoms with Crippen molar-refractivity contribution in [2.45, 2.75) is 50.9 Å². The quantitative estimate of drug-likeness (QED) is 0.853. The van der Waals surface area contributed by atoms with Gasteiger partial charge in [-0.3, -0.25) is 4.98 Å². The number of hydrogen-bond donors (Lipinski definition) is 0. The van der Waals surface area contributed by atoms with Gasteiger partial charge in [-0.05, 0) is 50.3 Å². The molecule has 1 aliphatic heterocycles. The van der Waals surface area contributed by atoms with Crippen LogP contribution in [0.4, 0.5) is 0 Å². The van der Waals surface area contributed by atoms with Gasteiger partial charge in [-0.1, -0.05) is 19.3 Å². The summed E-state index contributed by atoms with van der Waals surface area (Å²) in [5.41, 5.74) is 0.895. The zero-order chi connectivity index (χ0) is 16.2. The first-order valence-corrected chi connectivity index (χ1v) is 9.34. The van der Waals surface area contributed by atoms with E-state index in [1.165, 1.54) is 51.6 Å². The molecule has 0 spiro atoms. The first kappa shape index (κ1) is 15.8. The molecule has 2 aliphatic rings. The van der Waals surface area contributed by atoms with E-state index in [1.807, 2.05) is 12.1 Å². The lowest BCUT2D eigenvalue weighted by molar-refractivity contribution is 0.152. The molecule has 2 aromatic rings. The van der Waals surface area contributed by atoms with Crippen molar-refractivity contribution in [3.63, 3.8) is 0 Å². The minimum Gasteiger partial charge on any atom is -0.420 e. The molecule has 0 radical (unpaired) electrons. The maximum Gasteiger partial charge on any atom is 0.249 e. The van der Waals surface area contributed by atoms with Crippen molar-refractivity contribution >= 4 is 0 Å². The molecule has 2 aromatic heterocycles. The lowest BCUT2D eigenvalue weighted by Crippen LogP contribution is -2.38. The van der Waals surface area contributed by atoms with Crippen molar-refractivity contribution in [1.82, 2.24) is 20.1 Å². The van der Waals surface area contributed by atoms with Crippen LogP contribution in [0.15, 0.2) is 28.9 Å². The van der Waals surface area contributed by atoms with Gasteiger partial charge >= 0.3 is 0 Å². The average molecular weight is 326 g/mol. The van der Waals surface area contributed by atoms with E-state index in [4.69, 9.17) is 4.42 Å². The minimum atomic E-state index is 0.375. The molecule has 0 unspecified atom stereocenters. The molecule has 1 aliphatic carbocycles. The SMILES string of the molecule is c1cncc(-c2nnc([C@@H]3CCCN(CC4CCCCC4)C3)o2)c1. The third-order valence-corrected chi connectivity index (χ3v) is 5.45. The molecule has 1 atom stereocenters. The lowest BCUT2D eigenvalue weighted by Gasteiger charge is -2.34. The van der Waals surface area contributed by atoms with Crippen molar-refractivity contribution in [2.24, 2.45) is 5.92 Å². The molecule has 5 nitrogen and oxygen atoms in total. The van der Waals surface area contributed by atoms with Crippen LogP contribution in [0.3, 0.4) is 0 Å². The molecule has 3 heterocycles. The second kappa shape index (κ2) is 7.43. The molecule has 0 amide bonds. The molecule has 24 heavy (non-hydrogen) atoms. The molecule has 128 valence electrons. The fourth-order valence-electron chi connectivity index (χ4n) is 4.16. The predicted molar refractivity (Wildman–Crippen MR) is 92.5 cm³/mol. The summed E-state index contributed by atoms with van der Waals surface area (Å²) in [6.07, 6.45) is 13.0. The van der Waals surface area contributed by atoms with Crippen LogP contribution in [0, 0.1) is 5.92 Å². The van der Waals surface area contributed by atoms with Crippen LogP contribution in [0.2, 0.25) is 0 Å². The van der Waals surface area contributed by atoms with Crippen molar-refractivity contribution in [2.75, 3.05) is 19.6 Å². The summed E-state index contributed by atoms with van der Waals surface area (Å²) in [7, 11) is 0. The summed E-state index contributed by atoms with van der Waals surface area (Å²) in [4.78, 5) is 6.75. The monoisotopic (exact) mass is 326 g/mol. The van der Waals surface area contributed by atoms with Gasteiger partial charge in [0.25, 0.3) is 0 Å². The molecule has 4 rings (SSSR count). The number of rotatable bonds is 4. The van der Waals surface area contributed by atoms with Gasteiger partial charge in [0.05, 0.1) is 11.5 Å². The summed E-state index contributed by atoms with van der Waals surface area (Å²) in [6, 6.07) is 3.85. The third kappa shape index (κ3) is 3.66. The molecule has 5 heteroatoms. The third-order valence-electron chi connectivity index (χ3n) is 5.45. The van der Waals surface area contributed by atoms with Crippen LogP contribution in [-0.4, -0.2) is 39.7 Å². The van der Waals surface area contributed by atoms with Gasteiger partial charge in [0, 0.05) is 25.5 Å². The van der Waals surface area contributed by atoms with E-state index in [1.54, 1.807) is 12.4 Å². The zero-order valence-electron chi connectivity index (χ0n) is 14.2. The normalized spacial score (nSPS) is 23.4. The molecule has 1 saturated heterocycles. The Labute approximate surface area is 143 Å². The number of likely N-dealkylation sites (tertiary alicyclic amines) is 1. The highest BCUT2D eigenvalue weighted by molar-refractivity contribution is 5.49. The maximum atomic E-state index is 5.96. The molecule has 0 aromatic carbocycles. The number of nitrogens with zero attached hydrogens (tertiary/aromatic N) is 4. The van der Waals surface area contributed by atoms with Gasteiger partial charge in [-0.25, -0.2) is 0 Å². The number of hydrogen-bond acceptors (Lipinski definition) is 5. The van der Waals surface area contributed by atoms with Gasteiger partial charge in [-0.15, -0.1) is 10.2 Å². The van der Waals surface area contributed by atoms with Crippen LogP contribution in [0.5, 0.6) is 0 Å². The van der Waals surface area contributed by atoms with Gasteiger partial charge in [0.15, 0.2) is 0 Å². The Balaban J connectivity index is 1.40. The first-order chi connectivity index (χ1) is 11.9. The first-order valence-electron chi connectivity index (χ1n) is 9.34. The van der Waals surface area contributed by atoms with E-state index in [-0.39, 0.29) is 0 Å². The smallest absolute Gasteiger partial charge is 0.249 e. The Morgan fingerprint density at radius 2 is 2.00 bits per heavy atom. The van der Waals surface area contributed by atoms with Crippen LogP contribution < -0.4 is 0 Å². The van der Waals surface area contributed by atoms with Crippen LogP contribution in [0.25, 0.3) is 11.5 Å². The maximum absolute atomic E-state index is 5.96. The van der Waals surface area contributed by atoms with Crippen LogP contribution >= 0.6 is 0 Å². The van der Waals surface area contributed by atoms with E-state index in [0.717, 1.165) is 30.3 Å². The Kier molecular flexibility index (Phi) is 4.88. The minimum absolute atomic E-state index is 0.375. The van der Waals surface area contributed by atoms with E-state index < -0.39 is 0 Å². The fourth-order valence-corrected chi connectivity index (χ4v) is 4.16. The Morgan fingerprint density at radius 3 is 2.83 bits per heavy atom. The topological polar surface area (TPSA) is 55.1 Å². The number of aromatic nitrogens is 3. The second-order valence-corrected chi connectivity index (χ2v) is 7.29. The van der Waals surface area contributed by atoms with Crippen molar-refractivity contribution < 1.29 is 4.42 Å². The molecule has 2 fully saturated rings. The molecular weight excluding hydrogens is 300 g/mol.